The Bertz CT molecular complexity index is 163. The summed E-state index contributed by atoms with van der Waals surface area (Å²) in [6.45, 7) is 1.94. The van der Waals surface area contributed by atoms with Crippen molar-refractivity contribution in [3.05, 3.63) is 12.0 Å². The zero-order valence-electron chi connectivity index (χ0n) is 6.17. The van der Waals surface area contributed by atoms with Gasteiger partial charge in [-0.2, -0.15) is 0 Å². The molecule has 10 heavy (non-hydrogen) atoms. The van der Waals surface area contributed by atoms with Crippen LogP contribution in [0.25, 0.3) is 0 Å². The van der Waals surface area contributed by atoms with Crippen LogP contribution in [0.2, 0.25) is 0 Å². The van der Waals surface area contributed by atoms with Gasteiger partial charge in [-0.1, -0.05) is 0 Å². The molecule has 1 fully saturated rings. The van der Waals surface area contributed by atoms with E-state index in [9.17, 15) is 0 Å². The van der Waals surface area contributed by atoms with Crippen LogP contribution in [-0.2, 0) is 9.47 Å². The van der Waals surface area contributed by atoms with Crippen LogP contribution in [0.1, 0.15) is 26.2 Å². The second kappa shape index (κ2) is 2.19. The van der Waals surface area contributed by atoms with E-state index in [2.05, 4.69) is 0 Å². The highest BCUT2D eigenvalue weighted by Crippen LogP contribution is 2.29. The van der Waals surface area contributed by atoms with Crippen molar-refractivity contribution in [1.82, 2.24) is 0 Å². The van der Waals surface area contributed by atoms with Crippen molar-refractivity contribution in [2.75, 3.05) is 0 Å². The fourth-order valence-electron chi connectivity index (χ4n) is 1.63. The quantitative estimate of drug-likeness (QED) is 0.511. The van der Waals surface area contributed by atoms with Crippen LogP contribution < -0.4 is 0 Å². The minimum Gasteiger partial charge on any atom is -0.491 e. The maximum Gasteiger partial charge on any atom is 0.135 e. The largest absolute Gasteiger partial charge is 0.491 e. The first kappa shape index (κ1) is 6.08. The van der Waals surface area contributed by atoms with Crippen molar-refractivity contribution in [3.63, 3.8) is 0 Å². The molecule has 0 amide bonds. The monoisotopic (exact) mass is 140 g/mol. The fourth-order valence-corrected chi connectivity index (χ4v) is 1.63. The number of hydrogen-bond donors (Lipinski definition) is 0. The summed E-state index contributed by atoms with van der Waals surface area (Å²) in [5.41, 5.74) is 0. The molecule has 2 atom stereocenters. The van der Waals surface area contributed by atoms with Crippen molar-refractivity contribution in [2.24, 2.45) is 0 Å². The zero-order valence-corrected chi connectivity index (χ0v) is 6.17. The Balaban J connectivity index is 2.08. The minimum atomic E-state index is 0.351. The Labute approximate surface area is 60.8 Å². The van der Waals surface area contributed by atoms with Crippen LogP contribution in [0.3, 0.4) is 0 Å². The first-order valence-electron chi connectivity index (χ1n) is 3.85. The molecule has 2 unspecified atom stereocenters. The maximum atomic E-state index is 5.55. The number of fused-ring (bicyclic) bond motifs is 1. The lowest BCUT2D eigenvalue weighted by molar-refractivity contribution is -0.0279. The van der Waals surface area contributed by atoms with Crippen molar-refractivity contribution in [1.29, 1.82) is 0 Å². The van der Waals surface area contributed by atoms with Gasteiger partial charge < -0.3 is 9.47 Å². The molecule has 1 saturated carbocycles. The van der Waals surface area contributed by atoms with Crippen molar-refractivity contribution in [3.8, 4) is 0 Å². The summed E-state index contributed by atoms with van der Waals surface area (Å²) in [6.07, 6.45) is 6.00. The van der Waals surface area contributed by atoms with Gasteiger partial charge in [0.25, 0.3) is 0 Å². The van der Waals surface area contributed by atoms with Gasteiger partial charge in [-0.3, -0.25) is 0 Å². The number of hydrogen-bond acceptors (Lipinski definition) is 2. The van der Waals surface area contributed by atoms with Crippen molar-refractivity contribution in [2.45, 2.75) is 38.4 Å². The predicted octanol–water partition coefficient (Wildman–Crippen LogP) is 1.82. The van der Waals surface area contributed by atoms with Crippen LogP contribution in [0.4, 0.5) is 0 Å². The normalized spacial score (nSPS) is 37.5. The van der Waals surface area contributed by atoms with E-state index in [1.54, 1.807) is 6.26 Å². The third-order valence-electron chi connectivity index (χ3n) is 2.14. The minimum absolute atomic E-state index is 0.351. The fraction of sp³-hybridized carbons (Fsp3) is 0.750. The molecule has 56 valence electrons. The molecule has 0 saturated heterocycles. The van der Waals surface area contributed by atoms with E-state index in [0.29, 0.717) is 12.2 Å². The molecule has 0 aromatic heterocycles. The molecule has 2 nitrogen and oxygen atoms in total. The average molecular weight is 140 g/mol. The van der Waals surface area contributed by atoms with E-state index in [4.69, 9.17) is 9.47 Å². The Kier molecular flexibility index (Phi) is 1.33. The van der Waals surface area contributed by atoms with Crippen LogP contribution in [0.15, 0.2) is 12.0 Å². The van der Waals surface area contributed by atoms with Gasteiger partial charge in [0, 0.05) is 0 Å². The van der Waals surface area contributed by atoms with E-state index in [1.165, 1.54) is 6.42 Å². The van der Waals surface area contributed by atoms with Crippen molar-refractivity contribution >= 4 is 0 Å². The summed E-state index contributed by atoms with van der Waals surface area (Å²) < 4.78 is 11.0. The molecule has 0 bridgehead atoms. The lowest BCUT2D eigenvalue weighted by Crippen LogP contribution is -2.27. The SMILES string of the molecule is CC1=COC2CCCC2O1. The van der Waals surface area contributed by atoms with Gasteiger partial charge in [-0.15, -0.1) is 0 Å². The van der Waals surface area contributed by atoms with Crippen LogP contribution in [-0.4, -0.2) is 12.2 Å². The highest BCUT2D eigenvalue weighted by Gasteiger charge is 2.32. The smallest absolute Gasteiger partial charge is 0.135 e. The standard InChI is InChI=1S/C8H12O2/c1-6-5-9-7-3-2-4-8(7)10-6/h5,7-8H,2-4H2,1H3. The number of rotatable bonds is 0. The molecule has 2 rings (SSSR count). The van der Waals surface area contributed by atoms with Crippen LogP contribution in [0.5, 0.6) is 0 Å². The molecule has 0 aromatic rings. The van der Waals surface area contributed by atoms with Gasteiger partial charge in [0.2, 0.25) is 0 Å². The summed E-state index contributed by atoms with van der Waals surface area (Å²) >= 11 is 0. The summed E-state index contributed by atoms with van der Waals surface area (Å²) in [5, 5.41) is 0. The molecule has 0 spiro atoms. The lowest BCUT2D eigenvalue weighted by Gasteiger charge is -2.25. The average Bonchev–Trinajstić information content (AvgIpc) is 2.33. The van der Waals surface area contributed by atoms with Crippen LogP contribution in [0, 0.1) is 0 Å². The highest BCUT2D eigenvalue weighted by molar-refractivity contribution is 4.93. The zero-order chi connectivity index (χ0) is 6.97. The lowest BCUT2D eigenvalue weighted by atomic mass is 10.2. The van der Waals surface area contributed by atoms with Gasteiger partial charge >= 0.3 is 0 Å². The summed E-state index contributed by atoms with van der Waals surface area (Å²) in [4.78, 5) is 0. The highest BCUT2D eigenvalue weighted by atomic mass is 16.6. The summed E-state index contributed by atoms with van der Waals surface area (Å²) in [6, 6.07) is 0. The summed E-state index contributed by atoms with van der Waals surface area (Å²) in [7, 11) is 0. The molecular formula is C8H12O2. The van der Waals surface area contributed by atoms with E-state index < -0.39 is 0 Å². The van der Waals surface area contributed by atoms with E-state index >= 15 is 0 Å². The molecule has 1 aliphatic carbocycles. The van der Waals surface area contributed by atoms with Gasteiger partial charge in [0.1, 0.15) is 24.2 Å². The molecule has 0 N–H and O–H groups in total. The Morgan fingerprint density at radius 3 is 3.10 bits per heavy atom. The van der Waals surface area contributed by atoms with E-state index in [-0.39, 0.29) is 0 Å². The van der Waals surface area contributed by atoms with Gasteiger partial charge in [-0.25, -0.2) is 0 Å². The molecule has 2 heteroatoms. The van der Waals surface area contributed by atoms with E-state index in [0.717, 1.165) is 18.6 Å². The molecule has 0 aromatic carbocycles. The second-order valence-corrected chi connectivity index (χ2v) is 2.99. The molecule has 2 aliphatic rings. The van der Waals surface area contributed by atoms with Crippen LogP contribution >= 0.6 is 0 Å². The summed E-state index contributed by atoms with van der Waals surface area (Å²) in [5.74, 6) is 0.920. The van der Waals surface area contributed by atoms with E-state index in [1.807, 2.05) is 6.92 Å². The Morgan fingerprint density at radius 2 is 2.20 bits per heavy atom. The van der Waals surface area contributed by atoms with Crippen molar-refractivity contribution < 1.29 is 9.47 Å². The topological polar surface area (TPSA) is 18.5 Å². The van der Waals surface area contributed by atoms with Gasteiger partial charge in [0.15, 0.2) is 0 Å². The first-order valence-corrected chi connectivity index (χ1v) is 3.85. The van der Waals surface area contributed by atoms with Gasteiger partial charge in [0.05, 0.1) is 0 Å². The Hall–Kier alpha value is -0.660. The molecular weight excluding hydrogens is 128 g/mol. The number of ether oxygens (including phenoxy) is 2. The number of allylic oxidation sites excluding steroid dienone is 1. The predicted molar refractivity (Wildman–Crippen MR) is 37.4 cm³/mol. The molecule has 1 heterocycles. The molecule has 0 radical (unpaired) electrons. The molecule has 1 aliphatic heterocycles. The third-order valence-corrected chi connectivity index (χ3v) is 2.14. The Morgan fingerprint density at radius 1 is 1.40 bits per heavy atom. The maximum absolute atomic E-state index is 5.55. The first-order chi connectivity index (χ1) is 4.86. The third kappa shape index (κ3) is 0.877. The van der Waals surface area contributed by atoms with Gasteiger partial charge in [-0.05, 0) is 26.2 Å². The second-order valence-electron chi connectivity index (χ2n) is 2.99.